The molecular formula is C22H22Cl2F2N6O2. The van der Waals surface area contributed by atoms with E-state index >= 15 is 0 Å². The summed E-state index contributed by atoms with van der Waals surface area (Å²) >= 11 is 12.2. The summed E-state index contributed by atoms with van der Waals surface area (Å²) in [6.45, 7) is 0.494. The Bertz CT molecular complexity index is 1160. The highest BCUT2D eigenvalue weighted by Crippen LogP contribution is 2.28. The molecule has 1 aliphatic heterocycles. The van der Waals surface area contributed by atoms with Gasteiger partial charge in [0.05, 0.1) is 35.6 Å². The highest BCUT2D eigenvalue weighted by Gasteiger charge is 2.26. The van der Waals surface area contributed by atoms with E-state index in [4.69, 9.17) is 33.7 Å². The van der Waals surface area contributed by atoms with Crippen LogP contribution in [0, 0.1) is 5.82 Å². The van der Waals surface area contributed by atoms with Crippen molar-refractivity contribution in [3.63, 3.8) is 0 Å². The normalized spacial score (nSPS) is 19.0. The van der Waals surface area contributed by atoms with E-state index in [9.17, 15) is 13.6 Å². The Morgan fingerprint density at radius 2 is 2.15 bits per heavy atom. The number of halogens is 4. The number of hydrogen-bond donors (Lipinski definition) is 4. The van der Waals surface area contributed by atoms with Gasteiger partial charge in [0.25, 0.3) is 5.91 Å². The number of ether oxygens (including phenoxy) is 1. The molecular weight excluding hydrogens is 489 g/mol. The first-order valence-corrected chi connectivity index (χ1v) is 11.3. The van der Waals surface area contributed by atoms with Crippen LogP contribution in [0.1, 0.15) is 28.5 Å². The zero-order chi connectivity index (χ0) is 24.2. The zero-order valence-corrected chi connectivity index (χ0v) is 19.3. The summed E-state index contributed by atoms with van der Waals surface area (Å²) in [7, 11) is 0. The fourth-order valence-electron chi connectivity index (χ4n) is 3.62. The number of carbonyl (C=O) groups excluding carboxylic acids is 1. The summed E-state index contributed by atoms with van der Waals surface area (Å²) in [5.74, 6) is -0.777. The Hall–Kier alpha value is -2.79. The van der Waals surface area contributed by atoms with Crippen LogP contribution in [0.2, 0.25) is 10.0 Å². The summed E-state index contributed by atoms with van der Waals surface area (Å²) in [5.41, 5.74) is 7.34. The molecule has 1 fully saturated rings. The average Bonchev–Trinajstić information content (AvgIpc) is 3.29. The van der Waals surface area contributed by atoms with E-state index in [1.54, 1.807) is 12.3 Å². The quantitative estimate of drug-likeness (QED) is 0.383. The second-order valence-electron chi connectivity index (χ2n) is 7.79. The van der Waals surface area contributed by atoms with E-state index in [0.717, 1.165) is 0 Å². The fraction of sp³-hybridized carbons (Fsp3) is 0.318. The first-order chi connectivity index (χ1) is 16.3. The summed E-state index contributed by atoms with van der Waals surface area (Å²) in [5, 5.41) is 6.19. The summed E-state index contributed by atoms with van der Waals surface area (Å²) in [6.07, 6.45) is 2.28. The van der Waals surface area contributed by atoms with Gasteiger partial charge in [-0.25, -0.2) is 18.7 Å². The Balaban J connectivity index is 1.50. The van der Waals surface area contributed by atoms with Gasteiger partial charge in [-0.3, -0.25) is 4.79 Å². The third-order valence-electron chi connectivity index (χ3n) is 5.37. The topological polar surface area (TPSA) is 118 Å². The molecule has 3 atom stereocenters. The van der Waals surface area contributed by atoms with Crippen LogP contribution < -0.4 is 16.4 Å². The van der Waals surface area contributed by atoms with Crippen molar-refractivity contribution in [1.29, 1.82) is 0 Å². The molecule has 1 amide bonds. The van der Waals surface area contributed by atoms with Crippen molar-refractivity contribution in [3.05, 3.63) is 63.8 Å². The molecule has 8 nitrogen and oxygen atoms in total. The van der Waals surface area contributed by atoms with E-state index in [1.165, 1.54) is 24.4 Å². The first-order valence-electron chi connectivity index (χ1n) is 10.5. The van der Waals surface area contributed by atoms with Gasteiger partial charge in [-0.05, 0) is 36.2 Å². The molecule has 0 spiro atoms. The van der Waals surface area contributed by atoms with Gasteiger partial charge >= 0.3 is 0 Å². The minimum Gasteiger partial charge on any atom is -0.378 e. The maximum Gasteiger partial charge on any atom is 0.268 e. The molecule has 0 aliphatic carbocycles. The van der Waals surface area contributed by atoms with Crippen LogP contribution in [-0.4, -0.2) is 52.8 Å². The summed E-state index contributed by atoms with van der Waals surface area (Å²) < 4.78 is 32.9. The number of aromatic amines is 1. The van der Waals surface area contributed by atoms with Crippen molar-refractivity contribution in [1.82, 2.24) is 20.3 Å². The zero-order valence-electron chi connectivity index (χ0n) is 17.8. The minimum absolute atomic E-state index is 0.0139. The van der Waals surface area contributed by atoms with E-state index in [2.05, 4.69) is 25.6 Å². The van der Waals surface area contributed by atoms with Crippen molar-refractivity contribution in [2.45, 2.75) is 24.7 Å². The lowest BCUT2D eigenvalue weighted by molar-refractivity contribution is 0.0284. The van der Waals surface area contributed by atoms with Crippen LogP contribution in [0.4, 0.5) is 14.7 Å². The predicted octanol–water partition coefficient (Wildman–Crippen LogP) is 3.89. The smallest absolute Gasteiger partial charge is 0.268 e. The van der Waals surface area contributed by atoms with Gasteiger partial charge < -0.3 is 26.1 Å². The van der Waals surface area contributed by atoms with Crippen molar-refractivity contribution >= 4 is 35.1 Å². The van der Waals surface area contributed by atoms with E-state index in [-0.39, 0.29) is 34.8 Å². The number of rotatable bonds is 7. The van der Waals surface area contributed by atoms with Gasteiger partial charge in [0, 0.05) is 29.9 Å². The Morgan fingerprint density at radius 1 is 1.32 bits per heavy atom. The van der Waals surface area contributed by atoms with Gasteiger partial charge in [0.15, 0.2) is 0 Å². The lowest BCUT2D eigenvalue weighted by Crippen LogP contribution is -2.39. The molecule has 180 valence electrons. The third-order valence-corrected chi connectivity index (χ3v) is 5.87. The molecule has 1 aromatic carbocycles. The molecule has 0 bridgehead atoms. The molecule has 0 unspecified atom stereocenters. The van der Waals surface area contributed by atoms with Crippen LogP contribution in [0.25, 0.3) is 11.3 Å². The van der Waals surface area contributed by atoms with Gasteiger partial charge in [-0.15, -0.1) is 0 Å². The molecule has 3 heterocycles. The molecule has 1 saturated heterocycles. The third kappa shape index (κ3) is 5.64. The van der Waals surface area contributed by atoms with Crippen LogP contribution in [-0.2, 0) is 4.74 Å². The first kappa shape index (κ1) is 24.3. The number of aromatic nitrogens is 3. The molecule has 1 aliphatic rings. The fourth-order valence-corrected chi connectivity index (χ4v) is 4.05. The van der Waals surface area contributed by atoms with E-state index in [1.807, 2.05) is 0 Å². The van der Waals surface area contributed by atoms with Crippen LogP contribution in [0.3, 0.4) is 0 Å². The van der Waals surface area contributed by atoms with Crippen LogP contribution in [0.15, 0.2) is 36.7 Å². The molecule has 5 N–H and O–H groups in total. The van der Waals surface area contributed by atoms with Gasteiger partial charge in [-0.1, -0.05) is 23.2 Å². The second-order valence-corrected chi connectivity index (χ2v) is 8.63. The SMILES string of the molecule is NC[C@@H](NC(=O)c1cc(-c2nc(N[C@@H]3CCOC[C@H]3F)ncc2Cl)c[nH]1)c1cc(F)cc(Cl)c1. The second kappa shape index (κ2) is 10.6. The van der Waals surface area contributed by atoms with Crippen molar-refractivity contribution < 1.29 is 18.3 Å². The number of H-pyrrole nitrogens is 1. The number of alkyl halides is 1. The molecule has 12 heteroatoms. The highest BCUT2D eigenvalue weighted by atomic mass is 35.5. The van der Waals surface area contributed by atoms with Crippen molar-refractivity contribution in [2.75, 3.05) is 25.1 Å². The number of carbonyl (C=O) groups is 1. The van der Waals surface area contributed by atoms with Gasteiger partial charge in [0.2, 0.25) is 5.95 Å². The van der Waals surface area contributed by atoms with E-state index in [0.29, 0.717) is 29.8 Å². The van der Waals surface area contributed by atoms with Crippen LogP contribution in [0.5, 0.6) is 0 Å². The Labute approximate surface area is 204 Å². The van der Waals surface area contributed by atoms with Crippen LogP contribution >= 0.6 is 23.2 Å². The molecule has 3 aromatic rings. The monoisotopic (exact) mass is 510 g/mol. The number of nitrogens with one attached hydrogen (secondary N) is 3. The number of nitrogens with zero attached hydrogens (tertiary/aromatic N) is 2. The molecule has 0 radical (unpaired) electrons. The minimum atomic E-state index is -1.18. The molecule has 34 heavy (non-hydrogen) atoms. The van der Waals surface area contributed by atoms with Crippen molar-refractivity contribution in [3.8, 4) is 11.3 Å². The van der Waals surface area contributed by atoms with Gasteiger partial charge in [-0.2, -0.15) is 0 Å². The average molecular weight is 511 g/mol. The summed E-state index contributed by atoms with van der Waals surface area (Å²) in [4.78, 5) is 24.2. The lowest BCUT2D eigenvalue weighted by Gasteiger charge is -2.26. The number of benzene rings is 1. The van der Waals surface area contributed by atoms with Gasteiger partial charge in [0.1, 0.15) is 17.7 Å². The molecule has 4 rings (SSSR count). The molecule has 0 saturated carbocycles. The largest absolute Gasteiger partial charge is 0.378 e. The lowest BCUT2D eigenvalue weighted by atomic mass is 10.1. The standard InChI is InChI=1S/C22H22Cl2F2N6O2/c23-13-3-11(4-14(25)6-13)19(7-27)30-21(33)18-5-12(8-28-18)20-15(24)9-29-22(32-20)31-17-1-2-34-10-16(17)26/h3-6,8-9,16-17,19,28H,1-2,7,10,27H2,(H,30,33)(H,29,31,32)/t16-,17-,19-/m1/s1. The highest BCUT2D eigenvalue weighted by molar-refractivity contribution is 6.33. The number of anilines is 1. The Morgan fingerprint density at radius 3 is 2.88 bits per heavy atom. The number of nitrogens with two attached hydrogens (primary N) is 1. The maximum atomic E-state index is 14.1. The number of amides is 1. The molecule has 2 aromatic heterocycles. The summed E-state index contributed by atoms with van der Waals surface area (Å²) in [6, 6.07) is 4.41. The predicted molar refractivity (Wildman–Crippen MR) is 125 cm³/mol. The number of hydrogen-bond acceptors (Lipinski definition) is 6. The Kier molecular flexibility index (Phi) is 7.62. The van der Waals surface area contributed by atoms with Crippen molar-refractivity contribution in [2.24, 2.45) is 5.73 Å². The van der Waals surface area contributed by atoms with E-state index < -0.39 is 30.0 Å². The maximum absolute atomic E-state index is 14.1.